The number of nitro groups is 1. The first kappa shape index (κ1) is 13.0. The first-order valence-electron chi connectivity index (χ1n) is 4.32. The highest BCUT2D eigenvalue weighted by Crippen LogP contribution is 2.23. The Morgan fingerprint density at radius 3 is 2.65 bits per heavy atom. The first-order valence-corrected chi connectivity index (χ1v) is 5.44. The summed E-state index contributed by atoms with van der Waals surface area (Å²) in [6, 6.07) is 3.61. The van der Waals surface area contributed by atoms with Gasteiger partial charge >= 0.3 is 0 Å². The number of nitriles is 1. The van der Waals surface area contributed by atoms with Crippen LogP contribution in [-0.2, 0) is 0 Å². The molecule has 0 fully saturated rings. The standard InChI is InChI=1S/C10H5BrN2O4/c11-3-10(15)8-2-9(13(16)17)6(4-12)1-7(8)5-14/h1-2,5H,3H2. The Morgan fingerprint density at radius 1 is 1.59 bits per heavy atom. The van der Waals surface area contributed by atoms with Gasteiger partial charge in [0.15, 0.2) is 12.1 Å². The van der Waals surface area contributed by atoms with E-state index >= 15 is 0 Å². The lowest BCUT2D eigenvalue weighted by Crippen LogP contribution is -2.07. The molecular weight excluding hydrogens is 292 g/mol. The number of Topliss-reactive ketones (excluding diaryl/α,β-unsaturated/α-hetero) is 1. The maximum atomic E-state index is 11.5. The maximum absolute atomic E-state index is 11.5. The molecule has 6 nitrogen and oxygen atoms in total. The van der Waals surface area contributed by atoms with Gasteiger partial charge in [-0.05, 0) is 6.07 Å². The zero-order valence-corrected chi connectivity index (χ0v) is 9.93. The predicted molar refractivity (Wildman–Crippen MR) is 61.3 cm³/mol. The van der Waals surface area contributed by atoms with E-state index in [1.54, 1.807) is 6.07 Å². The van der Waals surface area contributed by atoms with Gasteiger partial charge in [0.05, 0.1) is 10.3 Å². The van der Waals surface area contributed by atoms with Gasteiger partial charge in [-0.2, -0.15) is 5.26 Å². The van der Waals surface area contributed by atoms with Crippen molar-refractivity contribution in [2.24, 2.45) is 0 Å². The van der Waals surface area contributed by atoms with Crippen LogP contribution in [0, 0.1) is 21.4 Å². The molecule has 0 unspecified atom stereocenters. The third-order valence-electron chi connectivity index (χ3n) is 2.03. The minimum absolute atomic E-state index is 0.0309. The van der Waals surface area contributed by atoms with Crippen LogP contribution in [0.5, 0.6) is 0 Å². The van der Waals surface area contributed by atoms with Crippen LogP contribution in [0.25, 0.3) is 0 Å². The topological polar surface area (TPSA) is 101 Å². The molecule has 0 bridgehead atoms. The molecule has 86 valence electrons. The monoisotopic (exact) mass is 296 g/mol. The number of hydrogen-bond donors (Lipinski definition) is 0. The lowest BCUT2D eigenvalue weighted by atomic mass is 10.0. The number of rotatable bonds is 4. The summed E-state index contributed by atoms with van der Waals surface area (Å²) < 4.78 is 0. The van der Waals surface area contributed by atoms with E-state index < -0.39 is 16.4 Å². The van der Waals surface area contributed by atoms with Crippen molar-refractivity contribution in [2.45, 2.75) is 0 Å². The van der Waals surface area contributed by atoms with E-state index in [0.717, 1.165) is 12.1 Å². The van der Waals surface area contributed by atoms with Gasteiger partial charge in [0, 0.05) is 17.2 Å². The van der Waals surface area contributed by atoms with E-state index in [4.69, 9.17) is 5.26 Å². The van der Waals surface area contributed by atoms with Crippen molar-refractivity contribution in [3.8, 4) is 6.07 Å². The van der Waals surface area contributed by atoms with Crippen LogP contribution in [0.2, 0.25) is 0 Å². The van der Waals surface area contributed by atoms with Crippen molar-refractivity contribution < 1.29 is 14.5 Å². The summed E-state index contributed by atoms with van der Waals surface area (Å²) in [7, 11) is 0. The summed E-state index contributed by atoms with van der Waals surface area (Å²) in [5.74, 6) is -0.459. The molecule has 0 aliphatic heterocycles. The molecular formula is C10H5BrN2O4. The molecule has 0 amide bonds. The van der Waals surface area contributed by atoms with Crippen molar-refractivity contribution in [3.63, 3.8) is 0 Å². The van der Waals surface area contributed by atoms with Crippen LogP contribution >= 0.6 is 15.9 Å². The molecule has 0 saturated heterocycles. The Balaban J connectivity index is 3.56. The van der Waals surface area contributed by atoms with Gasteiger partial charge in [-0.3, -0.25) is 19.7 Å². The Bertz CT molecular complexity index is 548. The van der Waals surface area contributed by atoms with Gasteiger partial charge < -0.3 is 0 Å². The number of halogens is 1. The number of nitro benzene ring substituents is 1. The number of nitrogens with zero attached hydrogens (tertiary/aromatic N) is 2. The van der Waals surface area contributed by atoms with Crippen molar-refractivity contribution in [2.75, 3.05) is 5.33 Å². The third-order valence-corrected chi connectivity index (χ3v) is 2.54. The van der Waals surface area contributed by atoms with Crippen LogP contribution in [0.4, 0.5) is 5.69 Å². The quantitative estimate of drug-likeness (QED) is 0.277. The fourth-order valence-electron chi connectivity index (χ4n) is 1.26. The fraction of sp³-hybridized carbons (Fsp3) is 0.100. The van der Waals surface area contributed by atoms with Crippen LogP contribution in [0.1, 0.15) is 26.3 Å². The molecule has 0 heterocycles. The zero-order valence-electron chi connectivity index (χ0n) is 8.34. The number of benzene rings is 1. The normalized spacial score (nSPS) is 9.41. The average molecular weight is 297 g/mol. The summed E-state index contributed by atoms with van der Waals surface area (Å²) >= 11 is 2.91. The second-order valence-electron chi connectivity index (χ2n) is 3.00. The number of aldehydes is 1. The SMILES string of the molecule is N#Cc1cc(C=O)c(C(=O)CBr)cc1[N+](=O)[O-]. The highest BCUT2D eigenvalue weighted by Gasteiger charge is 2.20. The van der Waals surface area contributed by atoms with Crippen LogP contribution < -0.4 is 0 Å². The minimum Gasteiger partial charge on any atom is -0.298 e. The van der Waals surface area contributed by atoms with Crippen LogP contribution in [-0.4, -0.2) is 22.3 Å². The van der Waals surface area contributed by atoms with Gasteiger partial charge in [0.2, 0.25) is 0 Å². The lowest BCUT2D eigenvalue weighted by molar-refractivity contribution is -0.385. The minimum atomic E-state index is -0.766. The molecule has 0 aliphatic rings. The Kier molecular flexibility index (Phi) is 4.06. The number of carbonyl (C=O) groups excluding carboxylic acids is 2. The molecule has 0 radical (unpaired) electrons. The van der Waals surface area contributed by atoms with E-state index in [1.165, 1.54) is 0 Å². The van der Waals surface area contributed by atoms with Gasteiger partial charge in [0.25, 0.3) is 5.69 Å². The number of carbonyl (C=O) groups is 2. The molecule has 0 aromatic heterocycles. The largest absolute Gasteiger partial charge is 0.298 e. The van der Waals surface area contributed by atoms with Gasteiger partial charge in [-0.15, -0.1) is 0 Å². The molecule has 1 aromatic rings. The number of hydrogen-bond acceptors (Lipinski definition) is 5. The van der Waals surface area contributed by atoms with E-state index in [1.807, 2.05) is 0 Å². The molecule has 0 spiro atoms. The van der Waals surface area contributed by atoms with Crippen molar-refractivity contribution in [3.05, 3.63) is 38.9 Å². The zero-order chi connectivity index (χ0) is 13.0. The molecule has 0 N–H and O–H groups in total. The molecule has 1 aromatic carbocycles. The maximum Gasteiger partial charge on any atom is 0.287 e. The smallest absolute Gasteiger partial charge is 0.287 e. The molecule has 1 rings (SSSR count). The van der Waals surface area contributed by atoms with E-state index in [2.05, 4.69) is 15.9 Å². The molecule has 7 heteroatoms. The van der Waals surface area contributed by atoms with Gasteiger partial charge in [-0.1, -0.05) is 15.9 Å². The van der Waals surface area contributed by atoms with E-state index in [0.29, 0.717) is 6.29 Å². The van der Waals surface area contributed by atoms with Crippen molar-refractivity contribution >= 4 is 33.7 Å². The summed E-state index contributed by atoms with van der Waals surface area (Å²) in [5, 5.41) is 19.3. The van der Waals surface area contributed by atoms with E-state index in [9.17, 15) is 19.7 Å². The van der Waals surface area contributed by atoms with Crippen molar-refractivity contribution in [1.29, 1.82) is 5.26 Å². The fourth-order valence-corrected chi connectivity index (χ4v) is 1.56. The summed E-state index contributed by atoms with van der Waals surface area (Å²) in [6.07, 6.45) is 0.389. The first-order chi connectivity index (χ1) is 8.04. The van der Waals surface area contributed by atoms with E-state index in [-0.39, 0.29) is 22.0 Å². The number of ketones is 1. The van der Waals surface area contributed by atoms with Crippen molar-refractivity contribution in [1.82, 2.24) is 0 Å². The number of alkyl halides is 1. The average Bonchev–Trinajstić information content (AvgIpc) is 2.35. The summed E-state index contributed by atoms with van der Waals surface area (Å²) in [5.41, 5.74) is -0.829. The Hall–Kier alpha value is -2.07. The second kappa shape index (κ2) is 5.32. The molecule has 0 saturated carbocycles. The molecule has 0 atom stereocenters. The highest BCUT2D eigenvalue weighted by atomic mass is 79.9. The Labute approximate surface area is 104 Å². The second-order valence-corrected chi connectivity index (χ2v) is 3.56. The summed E-state index contributed by atoms with van der Waals surface area (Å²) in [4.78, 5) is 32.1. The molecule has 0 aliphatic carbocycles. The molecule has 17 heavy (non-hydrogen) atoms. The predicted octanol–water partition coefficient (Wildman–Crippen LogP) is 1.86. The third kappa shape index (κ3) is 2.54. The Morgan fingerprint density at radius 2 is 2.24 bits per heavy atom. The lowest BCUT2D eigenvalue weighted by Gasteiger charge is -2.03. The van der Waals surface area contributed by atoms with Gasteiger partial charge in [-0.25, -0.2) is 0 Å². The van der Waals surface area contributed by atoms with Crippen LogP contribution in [0.15, 0.2) is 12.1 Å². The van der Waals surface area contributed by atoms with Gasteiger partial charge in [0.1, 0.15) is 11.6 Å². The highest BCUT2D eigenvalue weighted by molar-refractivity contribution is 9.09. The van der Waals surface area contributed by atoms with Crippen LogP contribution in [0.3, 0.4) is 0 Å². The summed E-state index contributed by atoms with van der Waals surface area (Å²) in [6.45, 7) is 0.